The van der Waals surface area contributed by atoms with E-state index in [1.165, 1.54) is 18.4 Å². The molecule has 3 nitrogen and oxygen atoms in total. The number of hydrogen-bond acceptors (Lipinski definition) is 3. The topological polar surface area (TPSA) is 21.7 Å². The van der Waals surface area contributed by atoms with Gasteiger partial charge in [0.05, 0.1) is 13.2 Å². The zero-order valence-corrected chi connectivity index (χ0v) is 16.4. The molecule has 1 fully saturated rings. The average Bonchev–Trinajstić information content (AvgIpc) is 3.26. The van der Waals surface area contributed by atoms with E-state index >= 15 is 0 Å². The molecule has 0 heterocycles. The lowest BCUT2D eigenvalue weighted by atomic mass is 10.1. The molecule has 0 radical (unpaired) electrons. The molecule has 28 heavy (non-hydrogen) atoms. The van der Waals surface area contributed by atoms with Crippen LogP contribution in [0.3, 0.4) is 0 Å². The van der Waals surface area contributed by atoms with Crippen LogP contribution in [0, 0.1) is 0 Å². The number of nitrogens with zero attached hydrogens (tertiary/aromatic N) is 1. The second kappa shape index (κ2) is 8.83. The molecular weight excluding hydrogens is 346 g/mol. The largest absolute Gasteiger partial charge is 0.493 e. The maximum atomic E-state index is 6.32. The number of hydrogen-bond donors (Lipinski definition) is 0. The summed E-state index contributed by atoms with van der Waals surface area (Å²) in [4.78, 5) is 2.32. The van der Waals surface area contributed by atoms with E-state index in [0.29, 0.717) is 6.10 Å². The van der Waals surface area contributed by atoms with Gasteiger partial charge in [0, 0.05) is 24.0 Å². The fraction of sp³-hybridized carbons (Fsp3) is 0.280. The Hall–Kier alpha value is -2.94. The van der Waals surface area contributed by atoms with Crippen molar-refractivity contribution in [2.45, 2.75) is 38.3 Å². The Morgan fingerprint density at radius 3 is 2.14 bits per heavy atom. The molecular formula is C25H27NO2. The second-order valence-electron chi connectivity index (χ2n) is 7.27. The van der Waals surface area contributed by atoms with Gasteiger partial charge in [0.15, 0.2) is 11.5 Å². The lowest BCUT2D eigenvalue weighted by molar-refractivity contribution is 0.201. The van der Waals surface area contributed by atoms with Crippen molar-refractivity contribution < 1.29 is 9.47 Å². The van der Waals surface area contributed by atoms with E-state index in [9.17, 15) is 0 Å². The van der Waals surface area contributed by atoms with Gasteiger partial charge >= 0.3 is 0 Å². The molecule has 1 saturated carbocycles. The quantitative estimate of drug-likeness (QED) is 0.481. The van der Waals surface area contributed by atoms with Crippen molar-refractivity contribution in [2.75, 3.05) is 12.0 Å². The molecule has 0 unspecified atom stereocenters. The van der Waals surface area contributed by atoms with Crippen LogP contribution in [0.2, 0.25) is 0 Å². The predicted molar refractivity (Wildman–Crippen MR) is 115 cm³/mol. The van der Waals surface area contributed by atoms with Crippen LogP contribution in [0.1, 0.15) is 31.2 Å². The lowest BCUT2D eigenvalue weighted by Gasteiger charge is -2.26. The van der Waals surface area contributed by atoms with Crippen molar-refractivity contribution in [1.29, 1.82) is 0 Å². The van der Waals surface area contributed by atoms with Gasteiger partial charge in [-0.25, -0.2) is 0 Å². The number of rotatable bonds is 7. The summed E-state index contributed by atoms with van der Waals surface area (Å²) < 4.78 is 11.9. The molecule has 0 saturated heterocycles. The van der Waals surface area contributed by atoms with Crippen LogP contribution in [0.25, 0.3) is 0 Å². The third-order valence-electron chi connectivity index (χ3n) is 5.31. The molecule has 144 valence electrons. The monoisotopic (exact) mass is 373 g/mol. The number of ether oxygens (including phenoxy) is 2. The summed E-state index contributed by atoms with van der Waals surface area (Å²) in [6, 6.07) is 27.3. The van der Waals surface area contributed by atoms with Crippen LogP contribution in [0.15, 0.2) is 78.9 Å². The van der Waals surface area contributed by atoms with Gasteiger partial charge in [-0.15, -0.1) is 0 Å². The maximum Gasteiger partial charge on any atom is 0.163 e. The molecule has 4 rings (SSSR count). The Bertz CT molecular complexity index is 874. The first-order chi connectivity index (χ1) is 13.8. The molecule has 0 aliphatic heterocycles. The lowest BCUT2D eigenvalue weighted by Crippen LogP contribution is -2.17. The van der Waals surface area contributed by atoms with E-state index in [0.717, 1.165) is 42.3 Å². The first kappa shape index (κ1) is 18.4. The Balaban J connectivity index is 1.68. The molecule has 3 aromatic carbocycles. The molecule has 1 aliphatic carbocycles. The van der Waals surface area contributed by atoms with Crippen molar-refractivity contribution in [1.82, 2.24) is 0 Å². The number of methoxy groups -OCH3 is 1. The van der Waals surface area contributed by atoms with Crippen LogP contribution in [-0.4, -0.2) is 13.2 Å². The van der Waals surface area contributed by atoms with Gasteiger partial charge in [-0.2, -0.15) is 0 Å². The first-order valence-corrected chi connectivity index (χ1v) is 10.0. The van der Waals surface area contributed by atoms with E-state index < -0.39 is 0 Å². The van der Waals surface area contributed by atoms with Crippen LogP contribution in [-0.2, 0) is 6.54 Å². The summed E-state index contributed by atoms with van der Waals surface area (Å²) >= 11 is 0. The summed E-state index contributed by atoms with van der Waals surface area (Å²) in [5.41, 5.74) is 3.52. The number of benzene rings is 3. The van der Waals surface area contributed by atoms with E-state index in [4.69, 9.17) is 9.47 Å². The zero-order valence-electron chi connectivity index (χ0n) is 16.4. The summed E-state index contributed by atoms with van der Waals surface area (Å²) in [5, 5.41) is 0. The highest BCUT2D eigenvalue weighted by molar-refractivity contribution is 5.66. The number of anilines is 2. The van der Waals surface area contributed by atoms with E-state index in [1.54, 1.807) is 7.11 Å². The van der Waals surface area contributed by atoms with Crippen molar-refractivity contribution >= 4 is 11.4 Å². The Labute approximate surface area is 167 Å². The zero-order chi connectivity index (χ0) is 19.2. The summed E-state index contributed by atoms with van der Waals surface area (Å²) in [6.45, 7) is 0.792. The highest BCUT2D eigenvalue weighted by Crippen LogP contribution is 2.37. The molecule has 0 atom stereocenters. The molecule has 0 bridgehead atoms. The Morgan fingerprint density at radius 1 is 0.786 bits per heavy atom. The van der Waals surface area contributed by atoms with Gasteiger partial charge in [0.25, 0.3) is 0 Å². The maximum absolute atomic E-state index is 6.32. The normalized spacial score (nSPS) is 14.0. The first-order valence-electron chi connectivity index (χ1n) is 10.0. The summed E-state index contributed by atoms with van der Waals surface area (Å²) in [5.74, 6) is 1.63. The number of para-hydroxylation sites is 1. The molecule has 0 spiro atoms. The smallest absolute Gasteiger partial charge is 0.163 e. The van der Waals surface area contributed by atoms with E-state index in [2.05, 4.69) is 71.6 Å². The van der Waals surface area contributed by atoms with Gasteiger partial charge < -0.3 is 14.4 Å². The summed E-state index contributed by atoms with van der Waals surface area (Å²) in [7, 11) is 1.70. The molecule has 0 amide bonds. The van der Waals surface area contributed by atoms with Gasteiger partial charge in [0.1, 0.15) is 0 Å². The highest BCUT2D eigenvalue weighted by atomic mass is 16.5. The van der Waals surface area contributed by atoms with Gasteiger partial charge in [-0.3, -0.25) is 0 Å². The van der Waals surface area contributed by atoms with Crippen molar-refractivity contribution in [2.24, 2.45) is 0 Å². The minimum absolute atomic E-state index is 0.295. The predicted octanol–water partition coefficient (Wildman–Crippen LogP) is 6.35. The molecule has 0 aromatic heterocycles. The van der Waals surface area contributed by atoms with Crippen molar-refractivity contribution in [3.05, 3.63) is 84.4 Å². The average molecular weight is 373 g/mol. The second-order valence-corrected chi connectivity index (χ2v) is 7.27. The molecule has 1 aliphatic rings. The molecule has 3 heteroatoms. The Morgan fingerprint density at radius 2 is 1.46 bits per heavy atom. The third-order valence-corrected chi connectivity index (χ3v) is 5.31. The summed E-state index contributed by atoms with van der Waals surface area (Å²) in [6.07, 6.45) is 5.04. The standard InChI is InChI=1S/C25H27NO2/c1-27-24-17-16-22(18-25(24)28-23-14-8-9-15-23)26(21-12-6-3-7-13-21)19-20-10-4-2-5-11-20/h2-7,10-13,16-18,23H,8-9,14-15,19H2,1H3. The van der Waals surface area contributed by atoms with Crippen LogP contribution in [0.5, 0.6) is 11.5 Å². The highest BCUT2D eigenvalue weighted by Gasteiger charge is 2.20. The van der Waals surface area contributed by atoms with Crippen LogP contribution < -0.4 is 14.4 Å². The SMILES string of the molecule is COc1ccc(N(Cc2ccccc2)c2ccccc2)cc1OC1CCCC1. The fourth-order valence-corrected chi connectivity index (χ4v) is 3.82. The van der Waals surface area contributed by atoms with Crippen molar-refractivity contribution in [3.63, 3.8) is 0 Å². The minimum Gasteiger partial charge on any atom is -0.493 e. The molecule has 0 N–H and O–H groups in total. The Kier molecular flexibility index (Phi) is 5.81. The van der Waals surface area contributed by atoms with Gasteiger partial charge in [-0.1, -0.05) is 48.5 Å². The van der Waals surface area contributed by atoms with E-state index in [1.807, 2.05) is 12.1 Å². The van der Waals surface area contributed by atoms with Crippen LogP contribution in [0.4, 0.5) is 11.4 Å². The van der Waals surface area contributed by atoms with Crippen LogP contribution >= 0.6 is 0 Å². The van der Waals surface area contributed by atoms with Gasteiger partial charge in [-0.05, 0) is 55.5 Å². The third kappa shape index (κ3) is 4.30. The minimum atomic E-state index is 0.295. The van der Waals surface area contributed by atoms with Crippen molar-refractivity contribution in [3.8, 4) is 11.5 Å². The molecule has 3 aromatic rings. The fourth-order valence-electron chi connectivity index (χ4n) is 3.82. The van der Waals surface area contributed by atoms with E-state index in [-0.39, 0.29) is 0 Å². The van der Waals surface area contributed by atoms with Gasteiger partial charge in [0.2, 0.25) is 0 Å².